The van der Waals surface area contributed by atoms with Gasteiger partial charge in [-0.15, -0.1) is 0 Å². The third kappa shape index (κ3) is 9.27. The Labute approximate surface area is 156 Å². The summed E-state index contributed by atoms with van der Waals surface area (Å²) in [6.07, 6.45) is 3.19. The maximum absolute atomic E-state index is 12.1. The monoisotopic (exact) mass is 364 g/mol. The van der Waals surface area contributed by atoms with Crippen LogP contribution >= 0.6 is 0 Å². The number of hydrogen-bond donors (Lipinski definition) is 3. The predicted octanol–water partition coefficient (Wildman–Crippen LogP) is 1.80. The second kappa shape index (κ2) is 13.9. The van der Waals surface area contributed by atoms with Gasteiger partial charge in [0.15, 0.2) is 5.96 Å². The summed E-state index contributed by atoms with van der Waals surface area (Å²) in [4.78, 5) is 16.2. The first kappa shape index (κ1) is 21.8. The highest BCUT2D eigenvalue weighted by Crippen LogP contribution is 2.12. The quantitative estimate of drug-likeness (QED) is 0.299. The minimum Gasteiger partial charge on any atom is -0.497 e. The zero-order valence-corrected chi connectivity index (χ0v) is 16.1. The second-order valence-corrected chi connectivity index (χ2v) is 5.73. The maximum atomic E-state index is 12.1. The summed E-state index contributed by atoms with van der Waals surface area (Å²) in [6, 6.07) is 7.08. The van der Waals surface area contributed by atoms with Crippen molar-refractivity contribution in [1.29, 1.82) is 0 Å². The largest absolute Gasteiger partial charge is 0.497 e. The molecule has 1 rings (SSSR count). The maximum Gasteiger partial charge on any atom is 0.251 e. The van der Waals surface area contributed by atoms with Crippen molar-refractivity contribution >= 4 is 11.9 Å². The number of rotatable bonds is 12. The smallest absolute Gasteiger partial charge is 0.251 e. The van der Waals surface area contributed by atoms with Crippen LogP contribution < -0.4 is 20.7 Å². The Balaban J connectivity index is 2.15. The molecule has 1 amide bonds. The Morgan fingerprint density at radius 2 is 1.81 bits per heavy atom. The molecular weight excluding hydrogens is 332 g/mol. The molecule has 0 saturated carbocycles. The highest BCUT2D eigenvalue weighted by atomic mass is 16.5. The molecule has 0 spiro atoms. The van der Waals surface area contributed by atoms with Crippen LogP contribution in [0.3, 0.4) is 0 Å². The van der Waals surface area contributed by atoms with Gasteiger partial charge >= 0.3 is 0 Å². The number of guanidine groups is 1. The van der Waals surface area contributed by atoms with Crippen molar-refractivity contribution in [2.45, 2.75) is 26.2 Å². The third-order valence-corrected chi connectivity index (χ3v) is 3.66. The van der Waals surface area contributed by atoms with Gasteiger partial charge in [0.1, 0.15) is 5.75 Å². The Hall–Kier alpha value is -2.28. The van der Waals surface area contributed by atoms with Crippen molar-refractivity contribution < 1.29 is 14.3 Å². The van der Waals surface area contributed by atoms with E-state index in [0.29, 0.717) is 30.4 Å². The van der Waals surface area contributed by atoms with Gasteiger partial charge in [-0.1, -0.05) is 19.4 Å². The number of carbonyl (C=O) groups is 1. The van der Waals surface area contributed by atoms with E-state index in [2.05, 4.69) is 27.9 Å². The van der Waals surface area contributed by atoms with E-state index in [4.69, 9.17) is 9.47 Å². The van der Waals surface area contributed by atoms with Crippen LogP contribution in [0.4, 0.5) is 0 Å². The Morgan fingerprint density at radius 3 is 2.54 bits per heavy atom. The minimum absolute atomic E-state index is 0.127. The summed E-state index contributed by atoms with van der Waals surface area (Å²) >= 11 is 0. The molecule has 0 aliphatic carbocycles. The first-order chi connectivity index (χ1) is 12.7. The van der Waals surface area contributed by atoms with Crippen LogP contribution in [0, 0.1) is 0 Å². The first-order valence-electron chi connectivity index (χ1n) is 9.15. The van der Waals surface area contributed by atoms with Crippen LogP contribution in [-0.4, -0.2) is 58.9 Å². The lowest BCUT2D eigenvalue weighted by Crippen LogP contribution is -2.42. The molecule has 0 fully saturated rings. The standard InChI is InChI=1S/C19H32N4O3/c1-4-5-13-26-14-7-10-22-19(20-2)23-12-11-21-18(24)16-8-6-9-17(15-16)25-3/h6,8-9,15H,4-5,7,10-14H2,1-3H3,(H,21,24)(H2,20,22,23). The molecule has 0 heterocycles. The van der Waals surface area contributed by atoms with Gasteiger partial charge in [0.2, 0.25) is 0 Å². The summed E-state index contributed by atoms with van der Waals surface area (Å²) < 4.78 is 10.6. The molecule has 0 unspecified atom stereocenters. The fourth-order valence-corrected chi connectivity index (χ4v) is 2.17. The van der Waals surface area contributed by atoms with Gasteiger partial charge in [0.05, 0.1) is 7.11 Å². The van der Waals surface area contributed by atoms with Gasteiger partial charge in [0.25, 0.3) is 5.91 Å². The molecule has 7 heteroatoms. The number of nitrogens with zero attached hydrogens (tertiary/aromatic N) is 1. The van der Waals surface area contributed by atoms with Crippen molar-refractivity contribution in [1.82, 2.24) is 16.0 Å². The van der Waals surface area contributed by atoms with E-state index >= 15 is 0 Å². The van der Waals surface area contributed by atoms with Gasteiger partial charge in [-0.05, 0) is 31.0 Å². The van der Waals surface area contributed by atoms with E-state index in [1.807, 2.05) is 6.07 Å². The molecule has 0 aromatic heterocycles. The lowest BCUT2D eigenvalue weighted by molar-refractivity contribution is 0.0954. The van der Waals surface area contributed by atoms with Gasteiger partial charge in [-0.25, -0.2) is 0 Å². The average molecular weight is 364 g/mol. The number of unbranched alkanes of at least 4 members (excludes halogenated alkanes) is 1. The average Bonchev–Trinajstić information content (AvgIpc) is 2.68. The first-order valence-corrected chi connectivity index (χ1v) is 9.15. The van der Waals surface area contributed by atoms with Gasteiger partial charge in [-0.2, -0.15) is 0 Å². The summed E-state index contributed by atoms with van der Waals surface area (Å²) in [6.45, 7) is 5.61. The number of ether oxygens (including phenoxy) is 2. The Morgan fingerprint density at radius 1 is 1.08 bits per heavy atom. The number of benzene rings is 1. The Bertz CT molecular complexity index is 549. The van der Waals surface area contributed by atoms with Gasteiger partial charge < -0.3 is 25.4 Å². The molecule has 146 valence electrons. The predicted molar refractivity (Wildman–Crippen MR) is 105 cm³/mol. The molecule has 0 bridgehead atoms. The van der Waals surface area contributed by atoms with E-state index in [1.54, 1.807) is 32.4 Å². The van der Waals surface area contributed by atoms with E-state index < -0.39 is 0 Å². The topological polar surface area (TPSA) is 84.0 Å². The number of methoxy groups -OCH3 is 1. The van der Waals surface area contributed by atoms with Gasteiger partial charge in [-0.3, -0.25) is 9.79 Å². The molecule has 0 saturated heterocycles. The van der Waals surface area contributed by atoms with Crippen molar-refractivity contribution in [3.63, 3.8) is 0 Å². The molecule has 7 nitrogen and oxygen atoms in total. The van der Waals surface area contributed by atoms with Crippen LogP contribution in [0.2, 0.25) is 0 Å². The highest BCUT2D eigenvalue weighted by Gasteiger charge is 2.05. The molecular formula is C19H32N4O3. The van der Waals surface area contributed by atoms with Crippen molar-refractivity contribution in [3.8, 4) is 5.75 Å². The lowest BCUT2D eigenvalue weighted by atomic mass is 10.2. The van der Waals surface area contributed by atoms with Crippen molar-refractivity contribution in [3.05, 3.63) is 29.8 Å². The normalized spacial score (nSPS) is 11.1. The summed E-state index contributed by atoms with van der Waals surface area (Å²) in [7, 11) is 3.30. The van der Waals surface area contributed by atoms with Crippen LogP contribution in [0.1, 0.15) is 36.5 Å². The third-order valence-electron chi connectivity index (χ3n) is 3.66. The number of carbonyl (C=O) groups excluding carboxylic acids is 1. The minimum atomic E-state index is -0.127. The van der Waals surface area contributed by atoms with E-state index in [0.717, 1.165) is 39.0 Å². The molecule has 26 heavy (non-hydrogen) atoms. The SMILES string of the molecule is CCCCOCCCNC(=NC)NCCNC(=O)c1cccc(OC)c1. The second-order valence-electron chi connectivity index (χ2n) is 5.73. The van der Waals surface area contributed by atoms with E-state index in [-0.39, 0.29) is 5.91 Å². The summed E-state index contributed by atoms with van der Waals surface area (Å²) in [5, 5.41) is 9.26. The number of hydrogen-bond acceptors (Lipinski definition) is 4. The highest BCUT2D eigenvalue weighted by molar-refractivity contribution is 5.94. The number of nitrogens with one attached hydrogen (secondary N) is 3. The number of amides is 1. The molecule has 0 atom stereocenters. The Kier molecular flexibility index (Phi) is 11.7. The van der Waals surface area contributed by atoms with E-state index in [9.17, 15) is 4.79 Å². The molecule has 3 N–H and O–H groups in total. The van der Waals surface area contributed by atoms with E-state index in [1.165, 1.54) is 0 Å². The van der Waals surface area contributed by atoms with Crippen LogP contribution in [0.15, 0.2) is 29.3 Å². The molecule has 0 aliphatic rings. The molecule has 0 radical (unpaired) electrons. The number of aliphatic imine (C=N–C) groups is 1. The zero-order chi connectivity index (χ0) is 19.0. The summed E-state index contributed by atoms with van der Waals surface area (Å²) in [5.41, 5.74) is 0.579. The summed E-state index contributed by atoms with van der Waals surface area (Å²) in [5.74, 6) is 1.26. The van der Waals surface area contributed by atoms with Crippen molar-refractivity contribution in [2.24, 2.45) is 4.99 Å². The molecule has 1 aromatic carbocycles. The lowest BCUT2D eigenvalue weighted by Gasteiger charge is -2.12. The van der Waals surface area contributed by atoms with Crippen LogP contribution in [0.5, 0.6) is 5.75 Å². The zero-order valence-electron chi connectivity index (χ0n) is 16.1. The fraction of sp³-hybridized carbons (Fsp3) is 0.579. The van der Waals surface area contributed by atoms with Gasteiger partial charge in [0, 0.05) is 45.5 Å². The molecule has 0 aliphatic heterocycles. The van der Waals surface area contributed by atoms with Crippen LogP contribution in [0.25, 0.3) is 0 Å². The van der Waals surface area contributed by atoms with Crippen LogP contribution in [-0.2, 0) is 4.74 Å². The molecule has 1 aromatic rings. The fourth-order valence-electron chi connectivity index (χ4n) is 2.17. The van der Waals surface area contributed by atoms with Crippen molar-refractivity contribution in [2.75, 3.05) is 47.0 Å².